The summed E-state index contributed by atoms with van der Waals surface area (Å²) in [6, 6.07) is 1.03. The number of rotatable bonds is 6. The second-order valence-corrected chi connectivity index (χ2v) is 14.9. The number of ether oxygens (including phenoxy) is 4. The van der Waals surface area contributed by atoms with E-state index in [4.69, 9.17) is 23.4 Å². The van der Waals surface area contributed by atoms with Crippen LogP contribution in [0.3, 0.4) is 0 Å². The number of carbonyl (C=O) groups is 1. The molecule has 11 heteroatoms. The minimum Gasteiger partial charge on any atom is -0.461 e. The number of carbonyl (C=O) groups excluding carboxylic acids is 1. The largest absolute Gasteiger partial charge is 0.461 e. The summed E-state index contributed by atoms with van der Waals surface area (Å²) in [6.07, 6.45) is -2.74. The Hall–Kier alpha value is -1.79. The van der Waals surface area contributed by atoms with Gasteiger partial charge in [0.05, 0.1) is 13.2 Å². The molecule has 0 bridgehead atoms. The minimum atomic E-state index is -2.08. The number of hydrogen-bond acceptors (Lipinski definition) is 8. The van der Waals surface area contributed by atoms with Crippen molar-refractivity contribution in [2.24, 2.45) is 0 Å². The van der Waals surface area contributed by atoms with Gasteiger partial charge in [0.1, 0.15) is 24.0 Å². The van der Waals surface area contributed by atoms with Gasteiger partial charge in [-0.1, -0.05) is 20.8 Å². The Bertz CT molecular complexity index is 977. The van der Waals surface area contributed by atoms with Crippen molar-refractivity contribution in [1.82, 2.24) is 9.55 Å². The highest BCUT2D eigenvalue weighted by molar-refractivity contribution is 6.74. The normalized spacial score (nSPS) is 27.4. The highest BCUT2D eigenvalue weighted by Gasteiger charge is 2.57. The molecule has 32 heavy (non-hydrogen) atoms. The Kier molecular flexibility index (Phi) is 6.62. The van der Waals surface area contributed by atoms with Gasteiger partial charge in [-0.3, -0.25) is 14.3 Å². The fourth-order valence-electron chi connectivity index (χ4n) is 3.63. The maximum Gasteiger partial charge on any atom is 0.355 e. The molecule has 10 nitrogen and oxygen atoms in total. The third-order valence-corrected chi connectivity index (χ3v) is 10.8. The van der Waals surface area contributed by atoms with Gasteiger partial charge in [0.2, 0.25) is 0 Å². The first-order valence-corrected chi connectivity index (χ1v) is 13.8. The highest BCUT2D eigenvalue weighted by atomic mass is 28.4. The molecule has 1 aromatic rings. The summed E-state index contributed by atoms with van der Waals surface area (Å²) < 4.78 is 30.8. The molecule has 1 aromatic heterocycles. The molecular formula is C21H34N2O8Si. The van der Waals surface area contributed by atoms with Crippen LogP contribution in [-0.2, 0) is 23.4 Å². The second kappa shape index (κ2) is 8.53. The molecule has 0 aliphatic carbocycles. The van der Waals surface area contributed by atoms with Gasteiger partial charge in [0.25, 0.3) is 5.56 Å². The maximum absolute atomic E-state index is 12.8. The summed E-state index contributed by atoms with van der Waals surface area (Å²) in [5.74, 6) is -1.71. The molecule has 0 saturated carbocycles. The lowest BCUT2D eigenvalue weighted by Gasteiger charge is -2.37. The van der Waals surface area contributed by atoms with Crippen molar-refractivity contribution >= 4 is 14.3 Å². The maximum atomic E-state index is 12.8. The van der Waals surface area contributed by atoms with Crippen molar-refractivity contribution in [3.63, 3.8) is 0 Å². The summed E-state index contributed by atoms with van der Waals surface area (Å²) in [6.45, 7) is 16.2. The molecule has 180 valence electrons. The number of aromatic nitrogens is 2. The number of nitrogens with zero attached hydrogens (tertiary/aromatic N) is 1. The topological polar surface area (TPSA) is 118 Å². The van der Waals surface area contributed by atoms with Crippen LogP contribution in [0.25, 0.3) is 0 Å². The van der Waals surface area contributed by atoms with E-state index in [2.05, 4.69) is 38.8 Å². The van der Waals surface area contributed by atoms with Crippen molar-refractivity contribution in [1.29, 1.82) is 0 Å². The first-order chi connectivity index (χ1) is 14.7. The Morgan fingerprint density at radius 3 is 2.44 bits per heavy atom. The summed E-state index contributed by atoms with van der Waals surface area (Å²) in [4.78, 5) is 39.4. The SMILES string of the molecule is CCOC(=O)c1cc(=O)[nH]c(=O)n1[C@@H]1O[C@H](CO[Si](C)(C)C(C)(C)C)[C@H]2OC(C)(C)O[C@H]21. The van der Waals surface area contributed by atoms with E-state index in [0.29, 0.717) is 0 Å². The quantitative estimate of drug-likeness (QED) is 0.496. The Morgan fingerprint density at radius 1 is 1.22 bits per heavy atom. The van der Waals surface area contributed by atoms with Crippen LogP contribution in [0.2, 0.25) is 18.1 Å². The monoisotopic (exact) mass is 470 g/mol. The highest BCUT2D eigenvalue weighted by Crippen LogP contribution is 2.44. The lowest BCUT2D eigenvalue weighted by Crippen LogP contribution is -2.44. The van der Waals surface area contributed by atoms with E-state index >= 15 is 0 Å². The third-order valence-electron chi connectivity index (χ3n) is 6.26. The minimum absolute atomic E-state index is 0.00362. The van der Waals surface area contributed by atoms with Gasteiger partial charge in [-0.2, -0.15) is 0 Å². The second-order valence-electron chi connectivity index (χ2n) is 10.1. The molecule has 1 N–H and O–H groups in total. The summed E-state index contributed by atoms with van der Waals surface area (Å²) in [5.41, 5.74) is -1.70. The average molecular weight is 471 g/mol. The van der Waals surface area contributed by atoms with Crippen LogP contribution in [-0.4, -0.2) is 61.2 Å². The van der Waals surface area contributed by atoms with Crippen LogP contribution >= 0.6 is 0 Å². The zero-order valence-corrected chi connectivity index (χ0v) is 21.0. The molecule has 0 amide bonds. The Labute approximate surface area is 188 Å². The number of fused-ring (bicyclic) bond motifs is 1. The summed E-state index contributed by atoms with van der Waals surface area (Å²) >= 11 is 0. The average Bonchev–Trinajstić information content (AvgIpc) is 3.12. The van der Waals surface area contributed by atoms with Gasteiger partial charge < -0.3 is 23.4 Å². The zero-order valence-electron chi connectivity index (χ0n) is 20.0. The number of aromatic amines is 1. The van der Waals surface area contributed by atoms with Crippen LogP contribution in [0.1, 0.15) is 58.3 Å². The molecule has 0 radical (unpaired) electrons. The fourth-order valence-corrected chi connectivity index (χ4v) is 4.64. The van der Waals surface area contributed by atoms with Crippen LogP contribution < -0.4 is 11.2 Å². The fraction of sp³-hybridized carbons (Fsp3) is 0.762. The first-order valence-electron chi connectivity index (χ1n) is 10.8. The summed E-state index contributed by atoms with van der Waals surface area (Å²) in [7, 11) is -2.08. The van der Waals surface area contributed by atoms with E-state index in [9.17, 15) is 14.4 Å². The number of hydrogen-bond donors (Lipinski definition) is 1. The van der Waals surface area contributed by atoms with Crippen molar-refractivity contribution in [3.8, 4) is 0 Å². The standard InChI is InChI=1S/C21H34N2O8Si/c1-9-27-18(25)12-10-14(24)22-19(26)23(12)17-16-15(30-21(5,6)31-16)13(29-17)11-28-32(7,8)20(2,3)4/h10,13,15-17H,9,11H2,1-8H3,(H,22,24,26)/t13-,15-,16-,17-/m1/s1. The third kappa shape index (κ3) is 4.76. The smallest absolute Gasteiger partial charge is 0.355 e. The van der Waals surface area contributed by atoms with E-state index in [1.807, 2.05) is 0 Å². The molecular weight excluding hydrogens is 436 g/mol. The van der Waals surface area contributed by atoms with E-state index in [-0.39, 0.29) is 23.9 Å². The van der Waals surface area contributed by atoms with E-state index < -0.39 is 55.9 Å². The molecule has 2 fully saturated rings. The van der Waals surface area contributed by atoms with Crippen LogP contribution in [0.4, 0.5) is 0 Å². The van der Waals surface area contributed by atoms with Gasteiger partial charge in [0, 0.05) is 6.07 Å². The van der Waals surface area contributed by atoms with Crippen molar-refractivity contribution in [2.45, 2.75) is 90.0 Å². The lowest BCUT2D eigenvalue weighted by atomic mass is 10.1. The predicted molar refractivity (Wildman–Crippen MR) is 118 cm³/mol. The van der Waals surface area contributed by atoms with Crippen LogP contribution in [0.5, 0.6) is 0 Å². The molecule has 3 rings (SSSR count). The Balaban J connectivity index is 1.97. The number of nitrogens with one attached hydrogen (secondary N) is 1. The van der Waals surface area contributed by atoms with Crippen LogP contribution in [0, 0.1) is 0 Å². The van der Waals surface area contributed by atoms with Crippen molar-refractivity contribution in [2.75, 3.05) is 13.2 Å². The van der Waals surface area contributed by atoms with Gasteiger partial charge in [-0.25, -0.2) is 9.59 Å². The molecule has 2 aliphatic rings. The van der Waals surface area contributed by atoms with E-state index in [1.165, 1.54) is 0 Å². The molecule has 2 saturated heterocycles. The number of H-pyrrole nitrogens is 1. The molecule has 0 aromatic carbocycles. The molecule has 4 atom stereocenters. The predicted octanol–water partition coefficient (Wildman–Crippen LogP) is 2.15. The van der Waals surface area contributed by atoms with E-state index in [1.54, 1.807) is 20.8 Å². The first kappa shape index (κ1) is 24.8. The molecule has 0 spiro atoms. The van der Waals surface area contributed by atoms with Gasteiger partial charge >= 0.3 is 11.7 Å². The van der Waals surface area contributed by atoms with Gasteiger partial charge in [-0.15, -0.1) is 0 Å². The number of esters is 1. The van der Waals surface area contributed by atoms with Gasteiger partial charge in [0.15, 0.2) is 20.3 Å². The Morgan fingerprint density at radius 2 is 1.84 bits per heavy atom. The summed E-state index contributed by atoms with van der Waals surface area (Å²) in [5, 5.41) is 0.00362. The zero-order chi connectivity index (χ0) is 24.1. The lowest BCUT2D eigenvalue weighted by molar-refractivity contribution is -0.200. The van der Waals surface area contributed by atoms with E-state index in [0.717, 1.165) is 10.6 Å². The van der Waals surface area contributed by atoms with Crippen molar-refractivity contribution in [3.05, 3.63) is 32.6 Å². The van der Waals surface area contributed by atoms with Gasteiger partial charge in [-0.05, 0) is 38.9 Å². The van der Waals surface area contributed by atoms with Crippen LogP contribution in [0.15, 0.2) is 15.7 Å². The molecule has 2 aliphatic heterocycles. The molecule has 0 unspecified atom stereocenters. The van der Waals surface area contributed by atoms with Crippen molar-refractivity contribution < 1.29 is 28.2 Å². The molecule has 3 heterocycles.